The van der Waals surface area contributed by atoms with Gasteiger partial charge in [-0.1, -0.05) is 51.6 Å². The van der Waals surface area contributed by atoms with Crippen molar-refractivity contribution in [3.8, 4) is 11.3 Å². The molecule has 0 radical (unpaired) electrons. The number of anilines is 1. The summed E-state index contributed by atoms with van der Waals surface area (Å²) in [7, 11) is 0. The Morgan fingerprint density at radius 1 is 1.13 bits per heavy atom. The van der Waals surface area contributed by atoms with Crippen LogP contribution in [0.3, 0.4) is 0 Å². The van der Waals surface area contributed by atoms with Gasteiger partial charge in [0.1, 0.15) is 10.6 Å². The molecule has 0 unspecified atom stereocenters. The minimum absolute atomic E-state index is 0.192. The molecule has 2 aromatic carbocycles. The molecule has 3 aromatic rings. The third-order valence-electron chi connectivity index (χ3n) is 3.43. The van der Waals surface area contributed by atoms with Gasteiger partial charge in [-0.25, -0.2) is 0 Å². The monoisotopic (exact) mass is 387 g/mol. The molecule has 116 valence electrons. The lowest BCUT2D eigenvalue weighted by molar-refractivity contribution is 0.103. The van der Waals surface area contributed by atoms with Gasteiger partial charge in [0.2, 0.25) is 0 Å². The maximum absolute atomic E-state index is 12.5. The van der Waals surface area contributed by atoms with Gasteiger partial charge >= 0.3 is 0 Å². The lowest BCUT2D eigenvalue weighted by Gasteiger charge is -2.06. The second-order valence-corrected chi connectivity index (χ2v) is 6.63. The number of hydrogen-bond acceptors (Lipinski definition) is 4. The molecule has 1 heterocycles. The van der Waals surface area contributed by atoms with Crippen molar-refractivity contribution in [2.75, 3.05) is 5.32 Å². The molecule has 3 rings (SSSR count). The first-order valence-corrected chi connectivity index (χ1v) is 8.72. The first kappa shape index (κ1) is 15.8. The number of nitrogens with one attached hydrogen (secondary N) is 1. The molecule has 0 aliphatic rings. The Labute approximate surface area is 146 Å². The van der Waals surface area contributed by atoms with Crippen LogP contribution in [0.1, 0.15) is 22.2 Å². The predicted octanol–water partition coefficient (Wildman–Crippen LogP) is 4.78. The van der Waals surface area contributed by atoms with Gasteiger partial charge in [-0.05, 0) is 47.8 Å². The van der Waals surface area contributed by atoms with Gasteiger partial charge in [0.15, 0.2) is 0 Å². The molecule has 4 nitrogen and oxygen atoms in total. The number of benzene rings is 2. The lowest BCUT2D eigenvalue weighted by atomic mass is 10.1. The summed E-state index contributed by atoms with van der Waals surface area (Å²) in [5.41, 5.74) is 3.47. The molecule has 0 saturated carbocycles. The van der Waals surface area contributed by atoms with Crippen LogP contribution in [0.15, 0.2) is 53.0 Å². The van der Waals surface area contributed by atoms with Crippen LogP contribution < -0.4 is 5.32 Å². The standard InChI is InChI=1S/C17H14BrN3OS/c1-2-11-3-9-14(10-4-11)19-17(22)16-15(20-21-23-16)12-5-7-13(18)8-6-12/h3-10H,2H2,1H3,(H,19,22). The Balaban J connectivity index is 1.82. The van der Waals surface area contributed by atoms with Gasteiger partial charge in [0.05, 0.1) is 0 Å². The molecular weight excluding hydrogens is 374 g/mol. The zero-order valence-electron chi connectivity index (χ0n) is 12.4. The quantitative estimate of drug-likeness (QED) is 0.700. The summed E-state index contributed by atoms with van der Waals surface area (Å²) in [6.45, 7) is 2.10. The van der Waals surface area contributed by atoms with Crippen LogP contribution in [0.4, 0.5) is 5.69 Å². The number of aromatic nitrogens is 2. The highest BCUT2D eigenvalue weighted by Crippen LogP contribution is 2.26. The van der Waals surface area contributed by atoms with Crippen LogP contribution in [0.25, 0.3) is 11.3 Å². The SMILES string of the molecule is CCc1ccc(NC(=O)c2snnc2-c2ccc(Br)cc2)cc1. The van der Waals surface area contributed by atoms with E-state index in [4.69, 9.17) is 0 Å². The van der Waals surface area contributed by atoms with Crippen molar-refractivity contribution in [2.24, 2.45) is 0 Å². The van der Waals surface area contributed by atoms with Crippen molar-refractivity contribution in [3.05, 3.63) is 63.4 Å². The minimum atomic E-state index is -0.192. The molecular formula is C17H14BrN3OS. The second kappa shape index (κ2) is 7.02. The summed E-state index contributed by atoms with van der Waals surface area (Å²) in [5.74, 6) is -0.192. The van der Waals surface area contributed by atoms with Gasteiger partial charge in [-0.3, -0.25) is 4.79 Å². The Morgan fingerprint density at radius 2 is 1.83 bits per heavy atom. The van der Waals surface area contributed by atoms with E-state index in [0.29, 0.717) is 10.6 Å². The molecule has 23 heavy (non-hydrogen) atoms. The molecule has 0 bridgehead atoms. The molecule has 0 aliphatic carbocycles. The molecule has 1 N–H and O–H groups in total. The number of hydrogen-bond donors (Lipinski definition) is 1. The molecule has 0 atom stereocenters. The van der Waals surface area contributed by atoms with E-state index in [-0.39, 0.29) is 5.91 Å². The van der Waals surface area contributed by atoms with E-state index in [0.717, 1.165) is 33.7 Å². The fraction of sp³-hybridized carbons (Fsp3) is 0.118. The number of rotatable bonds is 4. The maximum atomic E-state index is 12.5. The number of carbonyl (C=O) groups excluding carboxylic acids is 1. The van der Waals surface area contributed by atoms with Crippen molar-refractivity contribution < 1.29 is 4.79 Å². The normalized spacial score (nSPS) is 10.5. The Morgan fingerprint density at radius 3 is 2.48 bits per heavy atom. The Bertz CT molecular complexity index is 813. The van der Waals surface area contributed by atoms with Gasteiger partial charge < -0.3 is 5.32 Å². The molecule has 0 aliphatic heterocycles. The number of carbonyl (C=O) groups is 1. The summed E-state index contributed by atoms with van der Waals surface area (Å²) >= 11 is 4.50. The van der Waals surface area contributed by atoms with Crippen molar-refractivity contribution >= 4 is 39.1 Å². The zero-order valence-corrected chi connectivity index (χ0v) is 14.8. The van der Waals surface area contributed by atoms with Crippen LogP contribution >= 0.6 is 27.5 Å². The molecule has 1 amide bonds. The molecule has 0 fully saturated rings. The summed E-state index contributed by atoms with van der Waals surface area (Å²) in [5, 5.41) is 7.00. The Hall–Kier alpha value is -2.05. The minimum Gasteiger partial charge on any atom is -0.321 e. The summed E-state index contributed by atoms with van der Waals surface area (Å²) in [4.78, 5) is 13.0. The summed E-state index contributed by atoms with van der Waals surface area (Å²) in [6, 6.07) is 15.5. The summed E-state index contributed by atoms with van der Waals surface area (Å²) in [6.07, 6.45) is 0.973. The van der Waals surface area contributed by atoms with Crippen molar-refractivity contribution in [3.63, 3.8) is 0 Å². The summed E-state index contributed by atoms with van der Waals surface area (Å²) < 4.78 is 4.91. The van der Waals surface area contributed by atoms with E-state index in [2.05, 4.69) is 37.8 Å². The lowest BCUT2D eigenvalue weighted by Crippen LogP contribution is -2.11. The van der Waals surface area contributed by atoms with Crippen molar-refractivity contribution in [2.45, 2.75) is 13.3 Å². The molecule has 1 aromatic heterocycles. The molecule has 0 spiro atoms. The third kappa shape index (κ3) is 3.65. The number of halogens is 1. The topological polar surface area (TPSA) is 54.9 Å². The average molecular weight is 388 g/mol. The van der Waals surface area contributed by atoms with E-state index < -0.39 is 0 Å². The maximum Gasteiger partial charge on any atom is 0.269 e. The first-order valence-electron chi connectivity index (χ1n) is 7.16. The van der Waals surface area contributed by atoms with Gasteiger partial charge in [0, 0.05) is 15.7 Å². The van der Waals surface area contributed by atoms with E-state index in [1.54, 1.807) is 0 Å². The number of amides is 1. The smallest absolute Gasteiger partial charge is 0.269 e. The molecule has 6 heteroatoms. The second-order valence-electron chi connectivity index (χ2n) is 4.96. The van der Waals surface area contributed by atoms with E-state index in [1.165, 1.54) is 5.56 Å². The highest BCUT2D eigenvalue weighted by molar-refractivity contribution is 9.10. The number of aryl methyl sites for hydroxylation is 1. The average Bonchev–Trinajstić information content (AvgIpc) is 3.06. The van der Waals surface area contributed by atoms with Gasteiger partial charge in [0.25, 0.3) is 5.91 Å². The predicted molar refractivity (Wildman–Crippen MR) is 96.8 cm³/mol. The van der Waals surface area contributed by atoms with Crippen molar-refractivity contribution in [1.29, 1.82) is 0 Å². The van der Waals surface area contributed by atoms with E-state index in [1.807, 2.05) is 48.5 Å². The van der Waals surface area contributed by atoms with Crippen LogP contribution in [-0.4, -0.2) is 15.5 Å². The molecule has 0 saturated heterocycles. The fourth-order valence-electron chi connectivity index (χ4n) is 2.15. The largest absolute Gasteiger partial charge is 0.321 e. The van der Waals surface area contributed by atoms with Gasteiger partial charge in [-0.2, -0.15) is 0 Å². The van der Waals surface area contributed by atoms with Crippen LogP contribution in [-0.2, 0) is 6.42 Å². The van der Waals surface area contributed by atoms with Crippen molar-refractivity contribution in [1.82, 2.24) is 9.59 Å². The van der Waals surface area contributed by atoms with Crippen LogP contribution in [0.2, 0.25) is 0 Å². The van der Waals surface area contributed by atoms with Gasteiger partial charge in [-0.15, -0.1) is 5.10 Å². The third-order valence-corrected chi connectivity index (χ3v) is 4.69. The highest BCUT2D eigenvalue weighted by atomic mass is 79.9. The first-order chi connectivity index (χ1) is 11.2. The Kier molecular flexibility index (Phi) is 4.83. The van der Waals surface area contributed by atoms with E-state index >= 15 is 0 Å². The fourth-order valence-corrected chi connectivity index (χ4v) is 3.00. The number of nitrogens with zero attached hydrogens (tertiary/aromatic N) is 2. The highest BCUT2D eigenvalue weighted by Gasteiger charge is 2.18. The van der Waals surface area contributed by atoms with E-state index in [9.17, 15) is 4.79 Å². The zero-order chi connectivity index (χ0) is 16.2. The van der Waals surface area contributed by atoms with Crippen LogP contribution in [0, 0.1) is 0 Å². The van der Waals surface area contributed by atoms with Crippen LogP contribution in [0.5, 0.6) is 0 Å².